The van der Waals surface area contributed by atoms with Gasteiger partial charge >= 0.3 is 6.03 Å². The lowest BCUT2D eigenvalue weighted by atomic mass is 10.1. The summed E-state index contributed by atoms with van der Waals surface area (Å²) in [6, 6.07) is 17.1. The van der Waals surface area contributed by atoms with Crippen molar-refractivity contribution in [3.05, 3.63) is 83.4 Å². The summed E-state index contributed by atoms with van der Waals surface area (Å²) >= 11 is 0. The molecule has 0 saturated carbocycles. The zero-order chi connectivity index (χ0) is 24.0. The van der Waals surface area contributed by atoms with Crippen LogP contribution in [0.15, 0.2) is 71.6 Å². The first-order valence-electron chi connectivity index (χ1n) is 9.89. The lowest BCUT2D eigenvalue weighted by molar-refractivity contribution is 0.102. The molecule has 0 aliphatic rings. The van der Waals surface area contributed by atoms with Crippen molar-refractivity contribution in [2.75, 3.05) is 17.1 Å². The van der Waals surface area contributed by atoms with Crippen LogP contribution in [0.25, 0.3) is 0 Å². The number of anilines is 2. The van der Waals surface area contributed by atoms with E-state index in [9.17, 15) is 18.0 Å². The number of benzene rings is 3. The summed E-state index contributed by atoms with van der Waals surface area (Å²) in [5, 5.41) is 5.18. The number of sulfonamides is 1. The van der Waals surface area contributed by atoms with E-state index in [1.807, 2.05) is 0 Å². The SMILES string of the molecule is COc1ccc(NS(=O)(=O)c2cc(NC(=O)c3ccc(CNC(N)=O)cc3)ccc2C)cc1. The number of rotatable bonds is 8. The van der Waals surface area contributed by atoms with E-state index in [1.54, 1.807) is 67.6 Å². The third-order valence-electron chi connectivity index (χ3n) is 4.76. The zero-order valence-corrected chi connectivity index (χ0v) is 18.9. The average Bonchev–Trinajstić information content (AvgIpc) is 2.79. The van der Waals surface area contributed by atoms with Crippen LogP contribution in [-0.2, 0) is 16.6 Å². The van der Waals surface area contributed by atoms with Crippen molar-refractivity contribution < 1.29 is 22.7 Å². The number of hydrogen-bond donors (Lipinski definition) is 4. The van der Waals surface area contributed by atoms with Crippen LogP contribution in [0.4, 0.5) is 16.2 Å². The molecule has 3 rings (SSSR count). The number of ether oxygens (including phenoxy) is 1. The molecular weight excluding hydrogens is 444 g/mol. The fourth-order valence-electron chi connectivity index (χ4n) is 3.00. The number of carbonyl (C=O) groups is 2. The van der Waals surface area contributed by atoms with Crippen LogP contribution in [0.1, 0.15) is 21.5 Å². The van der Waals surface area contributed by atoms with Gasteiger partial charge in [0.25, 0.3) is 15.9 Å². The fraction of sp³-hybridized carbons (Fsp3) is 0.130. The third kappa shape index (κ3) is 6.23. The second-order valence-corrected chi connectivity index (χ2v) is 8.83. The highest BCUT2D eigenvalue weighted by Crippen LogP contribution is 2.24. The average molecular weight is 469 g/mol. The second-order valence-electron chi connectivity index (χ2n) is 7.18. The zero-order valence-electron chi connectivity index (χ0n) is 18.1. The minimum Gasteiger partial charge on any atom is -0.497 e. The van der Waals surface area contributed by atoms with Crippen LogP contribution < -0.4 is 25.8 Å². The number of carbonyl (C=O) groups excluding carboxylic acids is 2. The Balaban J connectivity index is 1.74. The van der Waals surface area contributed by atoms with Crippen molar-refractivity contribution in [3.63, 3.8) is 0 Å². The minimum atomic E-state index is -3.89. The van der Waals surface area contributed by atoms with E-state index in [0.717, 1.165) is 5.56 Å². The van der Waals surface area contributed by atoms with Crippen LogP contribution in [-0.4, -0.2) is 27.5 Å². The van der Waals surface area contributed by atoms with Gasteiger partial charge in [-0.1, -0.05) is 18.2 Å². The third-order valence-corrected chi connectivity index (χ3v) is 6.28. The van der Waals surface area contributed by atoms with Crippen molar-refractivity contribution in [2.45, 2.75) is 18.4 Å². The molecule has 0 aliphatic carbocycles. The number of nitrogens with two attached hydrogens (primary N) is 1. The largest absolute Gasteiger partial charge is 0.497 e. The number of primary amides is 1. The lowest BCUT2D eigenvalue weighted by Crippen LogP contribution is -2.28. The van der Waals surface area contributed by atoms with E-state index in [2.05, 4.69) is 15.4 Å². The number of urea groups is 1. The molecule has 3 amide bonds. The Morgan fingerprint density at radius 3 is 2.18 bits per heavy atom. The smallest absolute Gasteiger partial charge is 0.312 e. The molecule has 0 bridgehead atoms. The number of methoxy groups -OCH3 is 1. The van der Waals surface area contributed by atoms with Crippen LogP contribution >= 0.6 is 0 Å². The van der Waals surface area contributed by atoms with Gasteiger partial charge in [-0.2, -0.15) is 0 Å². The quantitative estimate of drug-likeness (QED) is 0.402. The van der Waals surface area contributed by atoms with Gasteiger partial charge in [-0.25, -0.2) is 13.2 Å². The molecule has 0 atom stereocenters. The van der Waals surface area contributed by atoms with Crippen molar-refractivity contribution in [3.8, 4) is 5.75 Å². The van der Waals surface area contributed by atoms with E-state index in [4.69, 9.17) is 10.5 Å². The molecule has 0 fully saturated rings. The maximum atomic E-state index is 12.9. The summed E-state index contributed by atoms with van der Waals surface area (Å²) in [4.78, 5) is 23.5. The van der Waals surface area contributed by atoms with Crippen LogP contribution in [0.5, 0.6) is 5.75 Å². The molecule has 3 aromatic carbocycles. The number of amides is 3. The van der Waals surface area contributed by atoms with Gasteiger partial charge in [0.15, 0.2) is 0 Å². The number of nitrogens with one attached hydrogen (secondary N) is 3. The second kappa shape index (κ2) is 10.0. The van der Waals surface area contributed by atoms with Gasteiger partial charge < -0.3 is 21.1 Å². The first-order chi connectivity index (χ1) is 15.7. The van der Waals surface area contributed by atoms with E-state index in [0.29, 0.717) is 28.3 Å². The minimum absolute atomic E-state index is 0.0454. The number of aryl methyl sites for hydroxylation is 1. The summed E-state index contributed by atoms with van der Waals surface area (Å²) in [6.07, 6.45) is 0. The van der Waals surface area contributed by atoms with E-state index >= 15 is 0 Å². The summed E-state index contributed by atoms with van der Waals surface area (Å²) in [7, 11) is -2.37. The van der Waals surface area contributed by atoms with Gasteiger partial charge in [0, 0.05) is 23.5 Å². The predicted octanol–water partition coefficient (Wildman–Crippen LogP) is 3.23. The molecular formula is C23H24N4O5S. The van der Waals surface area contributed by atoms with Crippen molar-refractivity contribution >= 4 is 33.3 Å². The molecule has 0 saturated heterocycles. The topological polar surface area (TPSA) is 140 Å². The molecule has 33 heavy (non-hydrogen) atoms. The first-order valence-corrected chi connectivity index (χ1v) is 11.4. The summed E-state index contributed by atoms with van der Waals surface area (Å²) in [6.45, 7) is 1.92. The normalized spacial score (nSPS) is 10.8. The Morgan fingerprint density at radius 1 is 0.939 bits per heavy atom. The maximum Gasteiger partial charge on any atom is 0.312 e. The van der Waals surface area contributed by atoms with Gasteiger partial charge in [0.2, 0.25) is 0 Å². The van der Waals surface area contributed by atoms with Gasteiger partial charge in [-0.3, -0.25) is 9.52 Å². The molecule has 172 valence electrons. The van der Waals surface area contributed by atoms with E-state index in [1.165, 1.54) is 13.2 Å². The molecule has 0 radical (unpaired) electrons. The van der Waals surface area contributed by atoms with Gasteiger partial charge in [0.05, 0.1) is 12.0 Å². The van der Waals surface area contributed by atoms with Crippen molar-refractivity contribution in [1.29, 1.82) is 0 Å². The maximum absolute atomic E-state index is 12.9. The Bertz CT molecular complexity index is 1260. The molecule has 5 N–H and O–H groups in total. The highest BCUT2D eigenvalue weighted by Gasteiger charge is 2.18. The Hall–Kier alpha value is -4.05. The molecule has 0 heterocycles. The monoisotopic (exact) mass is 468 g/mol. The van der Waals surface area contributed by atoms with E-state index in [-0.39, 0.29) is 11.4 Å². The molecule has 0 spiro atoms. The number of hydrogen-bond acceptors (Lipinski definition) is 5. The Labute approximate surface area is 192 Å². The summed E-state index contributed by atoms with van der Waals surface area (Å²) in [5.41, 5.74) is 7.44. The first kappa shape index (κ1) is 23.6. The Kier molecular flexibility index (Phi) is 7.19. The summed E-state index contributed by atoms with van der Waals surface area (Å²) < 4.78 is 33.5. The Morgan fingerprint density at radius 2 is 1.58 bits per heavy atom. The van der Waals surface area contributed by atoms with Crippen molar-refractivity contribution in [2.24, 2.45) is 5.73 Å². The fourth-order valence-corrected chi connectivity index (χ4v) is 4.33. The summed E-state index contributed by atoms with van der Waals surface area (Å²) in [5.74, 6) is 0.204. The molecule has 10 heteroatoms. The van der Waals surface area contributed by atoms with Gasteiger partial charge in [-0.05, 0) is 66.6 Å². The van der Waals surface area contributed by atoms with Gasteiger partial charge in [-0.15, -0.1) is 0 Å². The molecule has 0 aromatic heterocycles. The molecule has 3 aromatic rings. The van der Waals surface area contributed by atoms with Crippen LogP contribution in [0, 0.1) is 6.92 Å². The molecule has 9 nitrogen and oxygen atoms in total. The molecule has 0 unspecified atom stereocenters. The molecule has 0 aliphatic heterocycles. The van der Waals surface area contributed by atoms with Crippen LogP contribution in [0.3, 0.4) is 0 Å². The standard InChI is InChI=1S/C23H24N4O5S/c1-15-3-8-19(26-22(28)17-6-4-16(5-7-17)14-25-23(24)29)13-21(15)33(30,31)27-18-9-11-20(32-2)12-10-18/h3-13,27H,14H2,1-2H3,(H,26,28)(H3,24,25,29). The highest BCUT2D eigenvalue weighted by molar-refractivity contribution is 7.92. The lowest BCUT2D eigenvalue weighted by Gasteiger charge is -2.13. The van der Waals surface area contributed by atoms with Crippen LogP contribution in [0.2, 0.25) is 0 Å². The van der Waals surface area contributed by atoms with Crippen molar-refractivity contribution in [1.82, 2.24) is 5.32 Å². The van der Waals surface area contributed by atoms with Gasteiger partial charge in [0.1, 0.15) is 5.75 Å². The van der Waals surface area contributed by atoms with E-state index < -0.39 is 22.0 Å². The predicted molar refractivity (Wildman–Crippen MR) is 126 cm³/mol. The highest BCUT2D eigenvalue weighted by atomic mass is 32.2.